The molecule has 2 atom stereocenters. The van der Waals surface area contributed by atoms with E-state index in [0.717, 1.165) is 12.8 Å². The van der Waals surface area contributed by atoms with Gasteiger partial charge in [-0.1, -0.05) is 6.42 Å². The molecule has 1 saturated carbocycles. The fourth-order valence-electron chi connectivity index (χ4n) is 1.78. The minimum Gasteiger partial charge on any atom is -0.396 e. The van der Waals surface area contributed by atoms with Crippen LogP contribution in [0.15, 0.2) is 0 Å². The molecule has 2 unspecified atom stereocenters. The van der Waals surface area contributed by atoms with Gasteiger partial charge in [-0.15, -0.1) is 0 Å². The predicted molar refractivity (Wildman–Crippen MR) is 41.6 cm³/mol. The highest BCUT2D eigenvalue weighted by Crippen LogP contribution is 2.27. The van der Waals surface area contributed by atoms with Gasteiger partial charge in [-0.05, 0) is 31.6 Å². The second kappa shape index (κ2) is 3.94. The Bertz CT molecular complexity index is 95.3. The molecule has 0 heterocycles. The van der Waals surface area contributed by atoms with Crippen molar-refractivity contribution in [3.05, 3.63) is 0 Å². The first kappa shape index (κ1) is 8.02. The monoisotopic (exact) mass is 143 g/mol. The van der Waals surface area contributed by atoms with Crippen molar-refractivity contribution in [1.82, 2.24) is 0 Å². The Hall–Kier alpha value is -0.0800. The van der Waals surface area contributed by atoms with Crippen LogP contribution in [0.1, 0.15) is 32.1 Å². The number of nitrogens with two attached hydrogens (primary N) is 1. The van der Waals surface area contributed by atoms with Crippen molar-refractivity contribution >= 4 is 0 Å². The van der Waals surface area contributed by atoms with Crippen LogP contribution in [0.2, 0.25) is 0 Å². The van der Waals surface area contributed by atoms with Crippen molar-refractivity contribution in [1.29, 1.82) is 0 Å². The first-order chi connectivity index (χ1) is 4.84. The lowest BCUT2D eigenvalue weighted by Crippen LogP contribution is -2.24. The quantitative estimate of drug-likeness (QED) is 0.616. The van der Waals surface area contributed by atoms with Crippen LogP contribution >= 0.6 is 0 Å². The molecule has 1 aliphatic rings. The van der Waals surface area contributed by atoms with E-state index >= 15 is 0 Å². The summed E-state index contributed by atoms with van der Waals surface area (Å²) in [5.41, 5.74) is 5.84. The summed E-state index contributed by atoms with van der Waals surface area (Å²) < 4.78 is 0. The molecule has 0 aliphatic heterocycles. The number of aliphatic hydroxyl groups excluding tert-OH is 1. The summed E-state index contributed by atoms with van der Waals surface area (Å²) >= 11 is 0. The minimum atomic E-state index is 0.323. The summed E-state index contributed by atoms with van der Waals surface area (Å²) in [5.74, 6) is 0.701. The molecule has 1 aliphatic carbocycles. The zero-order valence-electron chi connectivity index (χ0n) is 6.42. The summed E-state index contributed by atoms with van der Waals surface area (Å²) in [6, 6.07) is 0.423. The third-order valence-corrected chi connectivity index (χ3v) is 2.45. The van der Waals surface area contributed by atoms with Gasteiger partial charge in [-0.25, -0.2) is 0 Å². The smallest absolute Gasteiger partial charge is 0.0431 e. The van der Waals surface area contributed by atoms with E-state index in [1.165, 1.54) is 19.3 Å². The molecular weight excluding hydrogens is 126 g/mol. The van der Waals surface area contributed by atoms with Crippen molar-refractivity contribution < 1.29 is 5.11 Å². The van der Waals surface area contributed by atoms with Gasteiger partial charge in [0.25, 0.3) is 0 Å². The summed E-state index contributed by atoms with van der Waals surface area (Å²) in [6.45, 7) is 0.323. The molecular formula is C8H17NO. The van der Waals surface area contributed by atoms with Crippen LogP contribution in [0.5, 0.6) is 0 Å². The third kappa shape index (κ3) is 1.96. The number of aliphatic hydroxyl groups is 1. The highest BCUT2D eigenvalue weighted by molar-refractivity contribution is 4.79. The molecule has 10 heavy (non-hydrogen) atoms. The normalized spacial score (nSPS) is 33.0. The van der Waals surface area contributed by atoms with Crippen LogP contribution in [-0.4, -0.2) is 17.8 Å². The second-order valence-corrected chi connectivity index (χ2v) is 3.22. The topological polar surface area (TPSA) is 46.2 Å². The lowest BCUT2D eigenvalue weighted by molar-refractivity contribution is 0.268. The lowest BCUT2D eigenvalue weighted by atomic mass is 9.99. The van der Waals surface area contributed by atoms with Gasteiger partial charge >= 0.3 is 0 Å². The van der Waals surface area contributed by atoms with E-state index < -0.39 is 0 Å². The largest absolute Gasteiger partial charge is 0.396 e. The summed E-state index contributed by atoms with van der Waals surface area (Å²) in [5, 5.41) is 8.57. The van der Waals surface area contributed by atoms with E-state index in [0.29, 0.717) is 18.6 Å². The van der Waals surface area contributed by atoms with Crippen LogP contribution in [0.25, 0.3) is 0 Å². The molecule has 0 aromatic carbocycles. The van der Waals surface area contributed by atoms with Gasteiger partial charge in [0.15, 0.2) is 0 Å². The van der Waals surface area contributed by atoms with Crippen LogP contribution < -0.4 is 5.73 Å². The Balaban J connectivity index is 2.14. The van der Waals surface area contributed by atoms with Gasteiger partial charge < -0.3 is 10.8 Å². The summed E-state index contributed by atoms with van der Waals surface area (Å²) in [6.07, 6.45) is 5.81. The number of hydrogen-bond acceptors (Lipinski definition) is 2. The van der Waals surface area contributed by atoms with Crippen molar-refractivity contribution in [2.75, 3.05) is 6.61 Å². The predicted octanol–water partition coefficient (Wildman–Crippen LogP) is 0.886. The molecule has 1 rings (SSSR count). The zero-order chi connectivity index (χ0) is 7.40. The molecule has 0 aromatic heterocycles. The van der Waals surface area contributed by atoms with E-state index in [4.69, 9.17) is 10.8 Å². The highest BCUT2D eigenvalue weighted by Gasteiger charge is 2.22. The maximum absolute atomic E-state index is 8.57. The van der Waals surface area contributed by atoms with Crippen LogP contribution in [0.4, 0.5) is 0 Å². The zero-order valence-corrected chi connectivity index (χ0v) is 6.42. The van der Waals surface area contributed by atoms with Crippen LogP contribution in [0.3, 0.4) is 0 Å². The van der Waals surface area contributed by atoms with Crippen molar-refractivity contribution in [2.45, 2.75) is 38.1 Å². The Labute approximate surface area is 62.4 Å². The highest BCUT2D eigenvalue weighted by atomic mass is 16.2. The molecule has 2 heteroatoms. The van der Waals surface area contributed by atoms with Gasteiger partial charge in [0, 0.05) is 12.6 Å². The third-order valence-electron chi connectivity index (χ3n) is 2.45. The summed E-state index contributed by atoms with van der Waals surface area (Å²) in [7, 11) is 0. The van der Waals surface area contributed by atoms with Gasteiger partial charge in [0.1, 0.15) is 0 Å². The van der Waals surface area contributed by atoms with E-state index in [1.807, 2.05) is 0 Å². The number of hydrogen-bond donors (Lipinski definition) is 2. The first-order valence-corrected chi connectivity index (χ1v) is 4.21. The molecule has 3 N–H and O–H groups in total. The lowest BCUT2D eigenvalue weighted by Gasteiger charge is -2.13. The first-order valence-electron chi connectivity index (χ1n) is 4.21. The Kier molecular flexibility index (Phi) is 3.16. The fourth-order valence-corrected chi connectivity index (χ4v) is 1.78. The van der Waals surface area contributed by atoms with Crippen molar-refractivity contribution in [3.8, 4) is 0 Å². The number of rotatable bonds is 3. The van der Waals surface area contributed by atoms with E-state index in [9.17, 15) is 0 Å². The SMILES string of the molecule is NC1CCCC1CCCO. The second-order valence-electron chi connectivity index (χ2n) is 3.22. The summed E-state index contributed by atoms with van der Waals surface area (Å²) in [4.78, 5) is 0. The van der Waals surface area contributed by atoms with Gasteiger partial charge in [0.05, 0.1) is 0 Å². The molecule has 0 spiro atoms. The molecule has 0 aromatic rings. The van der Waals surface area contributed by atoms with E-state index in [-0.39, 0.29) is 0 Å². The van der Waals surface area contributed by atoms with Crippen molar-refractivity contribution in [3.63, 3.8) is 0 Å². The Morgan fingerprint density at radius 1 is 1.40 bits per heavy atom. The van der Waals surface area contributed by atoms with E-state index in [1.54, 1.807) is 0 Å². The molecule has 60 valence electrons. The minimum absolute atomic E-state index is 0.323. The van der Waals surface area contributed by atoms with Gasteiger partial charge in [-0.3, -0.25) is 0 Å². The van der Waals surface area contributed by atoms with Gasteiger partial charge in [0.2, 0.25) is 0 Å². The average molecular weight is 143 g/mol. The standard InChI is InChI=1S/C8H17NO/c9-8-5-1-3-7(8)4-2-6-10/h7-8,10H,1-6,9H2. The molecule has 1 fully saturated rings. The molecule has 0 saturated heterocycles. The molecule has 0 bridgehead atoms. The van der Waals surface area contributed by atoms with Gasteiger partial charge in [-0.2, -0.15) is 0 Å². The molecule has 2 nitrogen and oxygen atoms in total. The molecule has 0 radical (unpaired) electrons. The van der Waals surface area contributed by atoms with Crippen LogP contribution in [-0.2, 0) is 0 Å². The van der Waals surface area contributed by atoms with E-state index in [2.05, 4.69) is 0 Å². The maximum Gasteiger partial charge on any atom is 0.0431 e. The average Bonchev–Trinajstić information content (AvgIpc) is 2.31. The van der Waals surface area contributed by atoms with Crippen LogP contribution in [0, 0.1) is 5.92 Å². The molecule has 0 amide bonds. The van der Waals surface area contributed by atoms with Crippen molar-refractivity contribution in [2.24, 2.45) is 11.7 Å². The Morgan fingerprint density at radius 3 is 2.70 bits per heavy atom. The fraction of sp³-hybridized carbons (Fsp3) is 1.00. The Morgan fingerprint density at radius 2 is 2.20 bits per heavy atom. The maximum atomic E-state index is 8.57.